The predicted molar refractivity (Wildman–Crippen MR) is 99.4 cm³/mol. The Kier molecular flexibility index (Phi) is 5.54. The molecule has 1 atom stereocenters. The number of likely N-dealkylation sites (tertiary alicyclic amines) is 2. The number of nitrogens with zero attached hydrogens (tertiary/aromatic N) is 2. The van der Waals surface area contributed by atoms with Gasteiger partial charge in [-0.1, -0.05) is 12.1 Å². The van der Waals surface area contributed by atoms with E-state index in [1.807, 2.05) is 12.1 Å². The number of sulfone groups is 1. The lowest BCUT2D eigenvalue weighted by atomic mass is 9.71. The molecule has 1 spiro atoms. The molecule has 0 bridgehead atoms. The monoisotopic (exact) mass is 366 g/mol. The maximum Gasteiger partial charge on any atom is 0.175 e. The molecule has 0 aromatic heterocycles. The Hall–Kier alpha value is -0.950. The van der Waals surface area contributed by atoms with Gasteiger partial charge >= 0.3 is 0 Å². The van der Waals surface area contributed by atoms with Crippen LogP contribution in [0.1, 0.15) is 18.4 Å². The van der Waals surface area contributed by atoms with Gasteiger partial charge in [-0.25, -0.2) is 8.42 Å². The molecule has 6 heteroatoms. The first-order valence-corrected chi connectivity index (χ1v) is 10.9. The van der Waals surface area contributed by atoms with Crippen molar-refractivity contribution >= 4 is 9.84 Å². The Balaban J connectivity index is 1.59. The first-order chi connectivity index (χ1) is 11.8. The predicted octanol–water partition coefficient (Wildman–Crippen LogP) is 1.88. The van der Waals surface area contributed by atoms with Gasteiger partial charge in [0.1, 0.15) is 0 Å². The molecule has 0 radical (unpaired) electrons. The van der Waals surface area contributed by atoms with Gasteiger partial charge in [0.15, 0.2) is 9.84 Å². The lowest BCUT2D eigenvalue weighted by Gasteiger charge is -2.42. The molecular weight excluding hydrogens is 336 g/mol. The van der Waals surface area contributed by atoms with Crippen molar-refractivity contribution in [2.75, 3.05) is 53.2 Å². The number of rotatable bonds is 5. The smallest absolute Gasteiger partial charge is 0.175 e. The standard InChI is InChI=1S/C19H30N2O3S/c1-20-13-17(14-24-2)19(15-20)8-10-21(11-9-19)12-16-4-6-18(7-5-16)25(3,22)23/h4-7,17H,8-15H2,1-3H3. The summed E-state index contributed by atoms with van der Waals surface area (Å²) in [4.78, 5) is 5.33. The van der Waals surface area contributed by atoms with E-state index in [1.165, 1.54) is 31.2 Å². The van der Waals surface area contributed by atoms with Crippen molar-refractivity contribution < 1.29 is 13.2 Å². The number of ether oxygens (including phenoxy) is 1. The van der Waals surface area contributed by atoms with Gasteiger partial charge in [-0.2, -0.15) is 0 Å². The van der Waals surface area contributed by atoms with Crippen LogP contribution < -0.4 is 0 Å². The van der Waals surface area contributed by atoms with E-state index in [2.05, 4.69) is 16.8 Å². The molecule has 2 fully saturated rings. The summed E-state index contributed by atoms with van der Waals surface area (Å²) in [5.74, 6) is 0.638. The van der Waals surface area contributed by atoms with Crippen molar-refractivity contribution in [3.63, 3.8) is 0 Å². The highest BCUT2D eigenvalue weighted by atomic mass is 32.2. The van der Waals surface area contributed by atoms with Gasteiger partial charge in [-0.15, -0.1) is 0 Å². The van der Waals surface area contributed by atoms with Crippen LogP contribution in [-0.4, -0.2) is 71.4 Å². The number of benzene rings is 1. The van der Waals surface area contributed by atoms with Crippen LogP contribution in [0.2, 0.25) is 0 Å². The first kappa shape index (κ1) is 18.8. The molecule has 2 aliphatic rings. The zero-order valence-electron chi connectivity index (χ0n) is 15.6. The second kappa shape index (κ2) is 7.35. The fraction of sp³-hybridized carbons (Fsp3) is 0.684. The Morgan fingerprint density at radius 2 is 1.84 bits per heavy atom. The van der Waals surface area contributed by atoms with Gasteiger partial charge in [0.25, 0.3) is 0 Å². The van der Waals surface area contributed by atoms with E-state index >= 15 is 0 Å². The van der Waals surface area contributed by atoms with Crippen molar-refractivity contribution in [3.05, 3.63) is 29.8 Å². The molecule has 0 amide bonds. The van der Waals surface area contributed by atoms with Crippen LogP contribution in [0, 0.1) is 11.3 Å². The van der Waals surface area contributed by atoms with E-state index in [0.29, 0.717) is 16.2 Å². The van der Waals surface area contributed by atoms with Crippen molar-refractivity contribution in [2.24, 2.45) is 11.3 Å². The average Bonchev–Trinajstić information content (AvgIpc) is 2.85. The second-order valence-electron chi connectivity index (χ2n) is 7.90. The highest BCUT2D eigenvalue weighted by Gasteiger charge is 2.46. The Morgan fingerprint density at radius 1 is 1.20 bits per heavy atom. The average molecular weight is 367 g/mol. The summed E-state index contributed by atoms with van der Waals surface area (Å²) in [7, 11) is 0.907. The minimum absolute atomic E-state index is 0.394. The molecule has 0 aliphatic carbocycles. The fourth-order valence-electron chi connectivity index (χ4n) is 4.55. The van der Waals surface area contributed by atoms with E-state index in [0.717, 1.165) is 32.8 Å². The van der Waals surface area contributed by atoms with Gasteiger partial charge in [0.05, 0.1) is 11.5 Å². The Bertz CT molecular complexity index is 679. The summed E-state index contributed by atoms with van der Waals surface area (Å²) in [6, 6.07) is 7.32. The van der Waals surface area contributed by atoms with E-state index in [4.69, 9.17) is 4.74 Å². The van der Waals surface area contributed by atoms with Crippen molar-refractivity contribution in [3.8, 4) is 0 Å². The third-order valence-corrected chi connectivity index (χ3v) is 7.09. The minimum atomic E-state index is -3.11. The molecule has 5 nitrogen and oxygen atoms in total. The number of piperidine rings is 1. The van der Waals surface area contributed by atoms with Gasteiger partial charge in [0.2, 0.25) is 0 Å². The molecule has 0 saturated carbocycles. The summed E-state index contributed by atoms with van der Waals surface area (Å²) in [5.41, 5.74) is 1.59. The lowest BCUT2D eigenvalue weighted by molar-refractivity contribution is 0.0354. The molecule has 1 aromatic rings. The van der Waals surface area contributed by atoms with Crippen LogP contribution in [0.3, 0.4) is 0 Å². The van der Waals surface area contributed by atoms with E-state index in [9.17, 15) is 8.42 Å². The third-order valence-electron chi connectivity index (χ3n) is 5.96. The highest BCUT2D eigenvalue weighted by Crippen LogP contribution is 2.44. The summed E-state index contributed by atoms with van der Waals surface area (Å²) in [6.45, 7) is 6.27. The third kappa shape index (κ3) is 4.25. The number of hydrogen-bond donors (Lipinski definition) is 0. The lowest BCUT2D eigenvalue weighted by Crippen LogP contribution is -2.44. The largest absolute Gasteiger partial charge is 0.384 e. The summed E-state index contributed by atoms with van der Waals surface area (Å²) in [6.07, 6.45) is 3.68. The first-order valence-electron chi connectivity index (χ1n) is 9.01. The molecule has 1 aromatic carbocycles. The molecule has 2 saturated heterocycles. The van der Waals surface area contributed by atoms with E-state index in [1.54, 1.807) is 19.2 Å². The summed E-state index contributed by atoms with van der Waals surface area (Å²) >= 11 is 0. The van der Waals surface area contributed by atoms with Crippen LogP contribution in [0.25, 0.3) is 0 Å². The van der Waals surface area contributed by atoms with Crippen molar-refractivity contribution in [2.45, 2.75) is 24.3 Å². The van der Waals surface area contributed by atoms with Crippen LogP contribution in [-0.2, 0) is 21.1 Å². The normalized spacial score (nSPS) is 24.8. The SMILES string of the molecule is COCC1CN(C)CC12CCN(Cc1ccc(S(C)(=O)=O)cc1)CC2. The number of hydrogen-bond acceptors (Lipinski definition) is 5. The van der Waals surface area contributed by atoms with Crippen LogP contribution in [0.4, 0.5) is 0 Å². The fourth-order valence-corrected chi connectivity index (χ4v) is 5.19. The minimum Gasteiger partial charge on any atom is -0.384 e. The number of methoxy groups -OCH3 is 1. The highest BCUT2D eigenvalue weighted by molar-refractivity contribution is 7.90. The summed E-state index contributed by atoms with van der Waals surface area (Å²) < 4.78 is 28.6. The van der Waals surface area contributed by atoms with Gasteiger partial charge in [0, 0.05) is 38.9 Å². The van der Waals surface area contributed by atoms with Crippen LogP contribution in [0.15, 0.2) is 29.2 Å². The van der Waals surface area contributed by atoms with Crippen LogP contribution >= 0.6 is 0 Å². The van der Waals surface area contributed by atoms with Crippen molar-refractivity contribution in [1.29, 1.82) is 0 Å². The molecule has 1 unspecified atom stereocenters. The van der Waals surface area contributed by atoms with Crippen LogP contribution in [0.5, 0.6) is 0 Å². The quantitative estimate of drug-likeness (QED) is 0.796. The Morgan fingerprint density at radius 3 is 2.40 bits per heavy atom. The molecule has 140 valence electrons. The molecule has 2 heterocycles. The van der Waals surface area contributed by atoms with Gasteiger partial charge < -0.3 is 9.64 Å². The maximum atomic E-state index is 11.6. The molecule has 3 rings (SSSR count). The molecular formula is C19H30N2O3S. The topological polar surface area (TPSA) is 49.9 Å². The molecule has 2 aliphatic heterocycles. The molecule has 0 N–H and O–H groups in total. The zero-order chi connectivity index (χ0) is 18.1. The second-order valence-corrected chi connectivity index (χ2v) is 9.92. The Labute approximate surface area is 151 Å². The molecule has 25 heavy (non-hydrogen) atoms. The summed E-state index contributed by atoms with van der Waals surface area (Å²) in [5, 5.41) is 0. The van der Waals surface area contributed by atoms with E-state index < -0.39 is 9.84 Å². The zero-order valence-corrected chi connectivity index (χ0v) is 16.4. The van der Waals surface area contributed by atoms with Crippen molar-refractivity contribution in [1.82, 2.24) is 9.80 Å². The van der Waals surface area contributed by atoms with E-state index in [-0.39, 0.29) is 0 Å². The van der Waals surface area contributed by atoms with Gasteiger partial charge in [-0.3, -0.25) is 4.90 Å². The maximum absolute atomic E-state index is 11.6. The van der Waals surface area contributed by atoms with Gasteiger partial charge in [-0.05, 0) is 56.1 Å².